The molecule has 0 aromatic carbocycles. The van der Waals surface area contributed by atoms with E-state index in [0.29, 0.717) is 12.5 Å². The number of morpholine rings is 1. The molecule has 2 heterocycles. The molecule has 2 aliphatic heterocycles. The predicted molar refractivity (Wildman–Crippen MR) is 70.5 cm³/mol. The third-order valence-corrected chi connectivity index (χ3v) is 3.77. The largest absolute Gasteiger partial charge is 0.375 e. The van der Waals surface area contributed by atoms with Gasteiger partial charge in [0.05, 0.1) is 19.1 Å². The Balaban J connectivity index is 1.79. The van der Waals surface area contributed by atoms with Gasteiger partial charge in [0, 0.05) is 45.3 Å². The highest BCUT2D eigenvalue weighted by Crippen LogP contribution is 2.13. The van der Waals surface area contributed by atoms with E-state index in [0.717, 1.165) is 45.9 Å². The van der Waals surface area contributed by atoms with Crippen LogP contribution < -0.4 is 5.32 Å². The molecular formula is C13H25N3O2. The summed E-state index contributed by atoms with van der Waals surface area (Å²) in [5.74, 6) is 0.243. The molecule has 0 spiro atoms. The number of hydrogen-bond acceptors (Lipinski definition) is 4. The summed E-state index contributed by atoms with van der Waals surface area (Å²) in [6, 6.07) is 0.533. The lowest BCUT2D eigenvalue weighted by atomic mass is 10.1. The van der Waals surface area contributed by atoms with Gasteiger partial charge in [0.25, 0.3) is 0 Å². The van der Waals surface area contributed by atoms with Gasteiger partial charge in [-0.05, 0) is 13.8 Å². The zero-order chi connectivity index (χ0) is 13.0. The van der Waals surface area contributed by atoms with Crippen molar-refractivity contribution in [2.75, 3.05) is 45.9 Å². The Hall–Kier alpha value is -0.650. The van der Waals surface area contributed by atoms with Crippen molar-refractivity contribution in [3.05, 3.63) is 0 Å². The molecule has 18 heavy (non-hydrogen) atoms. The summed E-state index contributed by atoms with van der Waals surface area (Å²) < 4.78 is 5.72. The van der Waals surface area contributed by atoms with Gasteiger partial charge in [0.2, 0.25) is 5.91 Å². The number of piperazine rings is 1. The summed E-state index contributed by atoms with van der Waals surface area (Å²) >= 11 is 0. The summed E-state index contributed by atoms with van der Waals surface area (Å²) in [7, 11) is 0. The lowest BCUT2D eigenvalue weighted by Gasteiger charge is -2.36. The first kappa shape index (κ1) is 13.8. The van der Waals surface area contributed by atoms with E-state index in [9.17, 15) is 4.79 Å². The summed E-state index contributed by atoms with van der Waals surface area (Å²) in [6.07, 6.45) is 0.604. The van der Waals surface area contributed by atoms with Crippen LogP contribution in [0.2, 0.25) is 0 Å². The topological polar surface area (TPSA) is 44.8 Å². The van der Waals surface area contributed by atoms with Crippen LogP contribution in [0, 0.1) is 0 Å². The molecule has 0 aromatic heterocycles. The molecule has 0 saturated carbocycles. The minimum Gasteiger partial charge on any atom is -0.375 e. The van der Waals surface area contributed by atoms with Crippen LogP contribution in [-0.4, -0.2) is 73.7 Å². The minimum atomic E-state index is 0.0727. The number of amides is 1. The second-order valence-corrected chi connectivity index (χ2v) is 5.42. The molecule has 0 radical (unpaired) electrons. The Morgan fingerprint density at radius 1 is 1.33 bits per heavy atom. The molecular weight excluding hydrogens is 230 g/mol. The van der Waals surface area contributed by atoms with Crippen molar-refractivity contribution >= 4 is 5.91 Å². The van der Waals surface area contributed by atoms with Gasteiger partial charge in [-0.2, -0.15) is 0 Å². The second kappa shape index (κ2) is 6.50. The smallest absolute Gasteiger partial charge is 0.225 e. The Bertz CT molecular complexity index is 277. The van der Waals surface area contributed by atoms with Crippen LogP contribution in [0.1, 0.15) is 20.3 Å². The molecule has 2 aliphatic rings. The molecule has 5 heteroatoms. The molecule has 5 nitrogen and oxygen atoms in total. The van der Waals surface area contributed by atoms with Crippen molar-refractivity contribution in [3.8, 4) is 0 Å². The third-order valence-electron chi connectivity index (χ3n) is 3.77. The van der Waals surface area contributed by atoms with Gasteiger partial charge in [-0.3, -0.25) is 9.69 Å². The highest BCUT2D eigenvalue weighted by Gasteiger charge is 2.26. The number of carbonyl (C=O) groups is 1. The Morgan fingerprint density at radius 2 is 2.06 bits per heavy atom. The zero-order valence-corrected chi connectivity index (χ0v) is 11.5. The van der Waals surface area contributed by atoms with Gasteiger partial charge in [0.1, 0.15) is 0 Å². The van der Waals surface area contributed by atoms with E-state index in [1.807, 2.05) is 4.90 Å². The number of nitrogens with one attached hydrogen (secondary N) is 1. The highest BCUT2D eigenvalue weighted by atomic mass is 16.5. The maximum Gasteiger partial charge on any atom is 0.225 e. The lowest BCUT2D eigenvalue weighted by molar-refractivity contribution is -0.137. The fourth-order valence-electron chi connectivity index (χ4n) is 2.57. The SMILES string of the molecule is CC(C)N1CCO[C@H](CC(=O)N2CCNCC2)C1. The van der Waals surface area contributed by atoms with E-state index in [2.05, 4.69) is 24.1 Å². The Labute approximate surface area is 109 Å². The fourth-order valence-corrected chi connectivity index (χ4v) is 2.57. The summed E-state index contributed by atoms with van der Waals surface area (Å²) in [5, 5.41) is 3.26. The van der Waals surface area contributed by atoms with E-state index < -0.39 is 0 Å². The van der Waals surface area contributed by atoms with E-state index in [4.69, 9.17) is 4.74 Å². The molecule has 1 N–H and O–H groups in total. The maximum atomic E-state index is 12.1. The highest BCUT2D eigenvalue weighted by molar-refractivity contribution is 5.76. The fraction of sp³-hybridized carbons (Fsp3) is 0.923. The monoisotopic (exact) mass is 255 g/mol. The van der Waals surface area contributed by atoms with Gasteiger partial charge >= 0.3 is 0 Å². The molecule has 2 rings (SSSR count). The number of carbonyl (C=O) groups excluding carboxylic acids is 1. The molecule has 1 atom stereocenters. The average molecular weight is 255 g/mol. The minimum absolute atomic E-state index is 0.0727. The summed E-state index contributed by atoms with van der Waals surface area (Å²) in [4.78, 5) is 16.5. The zero-order valence-electron chi connectivity index (χ0n) is 11.5. The van der Waals surface area contributed by atoms with Crippen LogP contribution >= 0.6 is 0 Å². The number of rotatable bonds is 3. The van der Waals surface area contributed by atoms with Crippen LogP contribution in [0.3, 0.4) is 0 Å². The van der Waals surface area contributed by atoms with E-state index >= 15 is 0 Å². The first-order valence-electron chi connectivity index (χ1n) is 7.01. The predicted octanol–water partition coefficient (Wildman–Crippen LogP) is -0.0825. The molecule has 2 fully saturated rings. The van der Waals surface area contributed by atoms with Gasteiger partial charge in [-0.25, -0.2) is 0 Å². The van der Waals surface area contributed by atoms with E-state index in [-0.39, 0.29) is 12.0 Å². The van der Waals surface area contributed by atoms with Gasteiger partial charge in [-0.1, -0.05) is 0 Å². The maximum absolute atomic E-state index is 12.1. The normalized spacial score (nSPS) is 26.6. The molecule has 0 aromatic rings. The standard InChI is InChI=1S/C13H25N3O2/c1-11(2)16-7-8-18-12(10-16)9-13(17)15-5-3-14-4-6-15/h11-12,14H,3-10H2,1-2H3/t12-/m1/s1. The van der Waals surface area contributed by atoms with Crippen LogP contribution in [-0.2, 0) is 9.53 Å². The van der Waals surface area contributed by atoms with Crippen molar-refractivity contribution in [2.24, 2.45) is 0 Å². The van der Waals surface area contributed by atoms with Crippen molar-refractivity contribution in [1.82, 2.24) is 15.1 Å². The molecule has 0 bridgehead atoms. The quantitative estimate of drug-likeness (QED) is 0.766. The molecule has 0 aliphatic carbocycles. The molecule has 0 unspecified atom stereocenters. The number of ether oxygens (including phenoxy) is 1. The van der Waals surface area contributed by atoms with E-state index in [1.54, 1.807) is 0 Å². The van der Waals surface area contributed by atoms with Crippen molar-refractivity contribution < 1.29 is 9.53 Å². The third kappa shape index (κ3) is 3.67. The molecule has 2 saturated heterocycles. The van der Waals surface area contributed by atoms with Crippen molar-refractivity contribution in [2.45, 2.75) is 32.4 Å². The lowest BCUT2D eigenvalue weighted by Crippen LogP contribution is -2.50. The number of nitrogens with zero attached hydrogens (tertiary/aromatic N) is 2. The first-order chi connectivity index (χ1) is 8.66. The van der Waals surface area contributed by atoms with Crippen molar-refractivity contribution in [3.63, 3.8) is 0 Å². The first-order valence-corrected chi connectivity index (χ1v) is 7.01. The van der Waals surface area contributed by atoms with Gasteiger partial charge < -0.3 is 15.0 Å². The van der Waals surface area contributed by atoms with Crippen LogP contribution in [0.25, 0.3) is 0 Å². The molecule has 1 amide bonds. The van der Waals surface area contributed by atoms with Crippen molar-refractivity contribution in [1.29, 1.82) is 0 Å². The van der Waals surface area contributed by atoms with Crippen LogP contribution in [0.4, 0.5) is 0 Å². The van der Waals surface area contributed by atoms with Gasteiger partial charge in [0.15, 0.2) is 0 Å². The average Bonchev–Trinajstić information content (AvgIpc) is 2.40. The Kier molecular flexibility index (Phi) is 4.97. The van der Waals surface area contributed by atoms with Gasteiger partial charge in [-0.15, -0.1) is 0 Å². The summed E-state index contributed by atoms with van der Waals surface area (Å²) in [6.45, 7) is 10.5. The second-order valence-electron chi connectivity index (χ2n) is 5.42. The van der Waals surface area contributed by atoms with E-state index in [1.165, 1.54) is 0 Å². The molecule has 104 valence electrons. The van der Waals surface area contributed by atoms with Crippen LogP contribution in [0.5, 0.6) is 0 Å². The number of hydrogen-bond donors (Lipinski definition) is 1. The Morgan fingerprint density at radius 3 is 2.72 bits per heavy atom. The van der Waals surface area contributed by atoms with Crippen LogP contribution in [0.15, 0.2) is 0 Å². The summed E-state index contributed by atoms with van der Waals surface area (Å²) in [5.41, 5.74) is 0.